The third kappa shape index (κ3) is 2.68. The van der Waals surface area contributed by atoms with Gasteiger partial charge in [-0.25, -0.2) is 9.78 Å². The minimum Gasteiger partial charge on any atom is -0.463 e. The van der Waals surface area contributed by atoms with Crippen LogP contribution in [0.3, 0.4) is 0 Å². The van der Waals surface area contributed by atoms with Crippen molar-refractivity contribution in [2.75, 3.05) is 7.11 Å². The molecule has 0 aliphatic rings. The van der Waals surface area contributed by atoms with Gasteiger partial charge >= 0.3 is 5.97 Å². The Bertz CT molecular complexity index is 850. The van der Waals surface area contributed by atoms with Crippen LogP contribution in [0.2, 0.25) is 0 Å². The van der Waals surface area contributed by atoms with E-state index in [1.807, 2.05) is 0 Å². The molecule has 3 rings (SSSR count). The van der Waals surface area contributed by atoms with Crippen LogP contribution in [0.15, 0.2) is 32.7 Å². The van der Waals surface area contributed by atoms with Crippen molar-refractivity contribution in [2.45, 2.75) is 10.9 Å². The number of hydrogen-bond acceptors (Lipinski definition) is 7. The average molecular weight is 306 g/mol. The number of aromatic amines is 2. The van der Waals surface area contributed by atoms with E-state index in [9.17, 15) is 9.59 Å². The SMILES string of the molecule is COC(=O)c1ccc(CSc2nc3[nH]ncc3c(=O)[nH]2)o1. The number of thioether (sulfide) groups is 1. The maximum absolute atomic E-state index is 11.8. The Labute approximate surface area is 121 Å². The van der Waals surface area contributed by atoms with E-state index in [0.717, 1.165) is 0 Å². The zero-order valence-electron chi connectivity index (χ0n) is 10.9. The zero-order valence-corrected chi connectivity index (χ0v) is 11.7. The second-order valence-electron chi connectivity index (χ2n) is 4.05. The molecule has 3 aromatic heterocycles. The summed E-state index contributed by atoms with van der Waals surface area (Å²) in [4.78, 5) is 29.9. The molecule has 0 aliphatic heterocycles. The highest BCUT2D eigenvalue weighted by Crippen LogP contribution is 2.21. The van der Waals surface area contributed by atoms with Gasteiger partial charge in [0, 0.05) is 0 Å². The van der Waals surface area contributed by atoms with Gasteiger partial charge < -0.3 is 14.1 Å². The number of furan rings is 1. The van der Waals surface area contributed by atoms with Crippen molar-refractivity contribution < 1.29 is 13.9 Å². The molecule has 108 valence electrons. The summed E-state index contributed by atoms with van der Waals surface area (Å²) in [5, 5.41) is 7.26. The molecule has 9 heteroatoms. The molecular formula is C12H10N4O4S. The van der Waals surface area contributed by atoms with Crippen LogP contribution in [0.5, 0.6) is 0 Å². The van der Waals surface area contributed by atoms with Gasteiger partial charge in [-0.15, -0.1) is 0 Å². The third-order valence-corrected chi connectivity index (χ3v) is 3.59. The number of esters is 1. The topological polar surface area (TPSA) is 114 Å². The fourth-order valence-corrected chi connectivity index (χ4v) is 2.45. The van der Waals surface area contributed by atoms with Crippen molar-refractivity contribution in [3.05, 3.63) is 40.2 Å². The average Bonchev–Trinajstić information content (AvgIpc) is 3.13. The van der Waals surface area contributed by atoms with Crippen LogP contribution < -0.4 is 5.56 Å². The number of nitrogens with one attached hydrogen (secondary N) is 2. The van der Waals surface area contributed by atoms with Crippen LogP contribution >= 0.6 is 11.8 Å². The lowest BCUT2D eigenvalue weighted by molar-refractivity contribution is 0.0563. The lowest BCUT2D eigenvalue weighted by Gasteiger charge is -1.99. The first-order valence-electron chi connectivity index (χ1n) is 5.90. The Kier molecular flexibility index (Phi) is 3.48. The summed E-state index contributed by atoms with van der Waals surface area (Å²) in [6.07, 6.45) is 1.42. The molecule has 0 unspecified atom stereocenters. The molecule has 0 amide bonds. The molecule has 0 radical (unpaired) electrons. The van der Waals surface area contributed by atoms with E-state index in [4.69, 9.17) is 4.42 Å². The van der Waals surface area contributed by atoms with E-state index in [-0.39, 0.29) is 11.3 Å². The number of rotatable bonds is 4. The van der Waals surface area contributed by atoms with E-state index in [1.165, 1.54) is 31.1 Å². The summed E-state index contributed by atoms with van der Waals surface area (Å²) in [5.74, 6) is 0.600. The maximum Gasteiger partial charge on any atom is 0.373 e. The predicted molar refractivity (Wildman–Crippen MR) is 74.1 cm³/mol. The first-order valence-corrected chi connectivity index (χ1v) is 6.89. The lowest BCUT2D eigenvalue weighted by atomic mass is 10.4. The van der Waals surface area contributed by atoms with E-state index >= 15 is 0 Å². The molecule has 0 aliphatic carbocycles. The van der Waals surface area contributed by atoms with E-state index in [1.54, 1.807) is 6.07 Å². The van der Waals surface area contributed by atoms with Gasteiger partial charge in [-0.3, -0.25) is 9.89 Å². The molecule has 0 atom stereocenters. The number of ether oxygens (including phenoxy) is 1. The van der Waals surface area contributed by atoms with Gasteiger partial charge in [-0.1, -0.05) is 11.8 Å². The Morgan fingerprint density at radius 2 is 2.33 bits per heavy atom. The van der Waals surface area contributed by atoms with Gasteiger partial charge in [0.1, 0.15) is 11.1 Å². The minimum atomic E-state index is -0.531. The molecule has 21 heavy (non-hydrogen) atoms. The Morgan fingerprint density at radius 1 is 1.48 bits per heavy atom. The van der Waals surface area contributed by atoms with E-state index in [2.05, 4.69) is 24.9 Å². The summed E-state index contributed by atoms with van der Waals surface area (Å²) < 4.78 is 9.88. The molecule has 3 heterocycles. The van der Waals surface area contributed by atoms with Crippen LogP contribution in [-0.2, 0) is 10.5 Å². The molecular weight excluding hydrogens is 296 g/mol. The van der Waals surface area contributed by atoms with Gasteiger partial charge in [0.25, 0.3) is 5.56 Å². The molecule has 0 saturated carbocycles. The largest absolute Gasteiger partial charge is 0.463 e. The van der Waals surface area contributed by atoms with Crippen LogP contribution in [-0.4, -0.2) is 33.2 Å². The number of H-pyrrole nitrogens is 2. The predicted octanol–water partition coefficient (Wildman–Crippen LogP) is 1.32. The lowest BCUT2D eigenvalue weighted by Crippen LogP contribution is -2.08. The minimum absolute atomic E-state index is 0.138. The molecule has 0 aromatic carbocycles. The number of carbonyl (C=O) groups is 1. The van der Waals surface area contributed by atoms with Gasteiger partial charge in [-0.2, -0.15) is 5.10 Å². The van der Waals surface area contributed by atoms with Crippen molar-refractivity contribution in [3.63, 3.8) is 0 Å². The molecule has 0 saturated heterocycles. The number of methoxy groups -OCH3 is 1. The molecule has 0 fully saturated rings. The number of fused-ring (bicyclic) bond motifs is 1. The van der Waals surface area contributed by atoms with Crippen molar-refractivity contribution >= 4 is 28.8 Å². The second-order valence-corrected chi connectivity index (χ2v) is 5.01. The summed E-state index contributed by atoms with van der Waals surface area (Å²) in [7, 11) is 1.29. The van der Waals surface area contributed by atoms with Gasteiger partial charge in [0.15, 0.2) is 10.8 Å². The summed E-state index contributed by atoms with van der Waals surface area (Å²) in [6.45, 7) is 0. The van der Waals surface area contributed by atoms with Crippen molar-refractivity contribution in [1.82, 2.24) is 20.2 Å². The van der Waals surface area contributed by atoms with Crippen LogP contribution in [0.4, 0.5) is 0 Å². The first kappa shape index (κ1) is 13.4. The number of hydrogen-bond donors (Lipinski definition) is 2. The highest BCUT2D eigenvalue weighted by Gasteiger charge is 2.12. The molecule has 8 nitrogen and oxygen atoms in total. The number of nitrogens with zero attached hydrogens (tertiary/aromatic N) is 2. The fraction of sp³-hybridized carbons (Fsp3) is 0.167. The quantitative estimate of drug-likeness (QED) is 0.424. The first-order chi connectivity index (χ1) is 10.2. The van der Waals surface area contributed by atoms with Crippen molar-refractivity contribution in [3.8, 4) is 0 Å². The number of aromatic nitrogens is 4. The number of carbonyl (C=O) groups excluding carboxylic acids is 1. The Hall–Kier alpha value is -2.55. The molecule has 2 N–H and O–H groups in total. The monoisotopic (exact) mass is 306 g/mol. The molecule has 0 spiro atoms. The smallest absolute Gasteiger partial charge is 0.373 e. The van der Waals surface area contributed by atoms with Crippen molar-refractivity contribution in [2.24, 2.45) is 0 Å². The van der Waals surface area contributed by atoms with Crippen LogP contribution in [0.25, 0.3) is 11.0 Å². The van der Waals surface area contributed by atoms with Crippen LogP contribution in [0.1, 0.15) is 16.3 Å². The highest BCUT2D eigenvalue weighted by molar-refractivity contribution is 7.98. The van der Waals surface area contributed by atoms with E-state index in [0.29, 0.717) is 27.7 Å². The fourth-order valence-electron chi connectivity index (χ4n) is 1.70. The normalized spacial score (nSPS) is 10.9. The van der Waals surface area contributed by atoms with Gasteiger partial charge in [0.2, 0.25) is 5.76 Å². The van der Waals surface area contributed by atoms with Gasteiger partial charge in [0.05, 0.1) is 19.1 Å². The Morgan fingerprint density at radius 3 is 3.14 bits per heavy atom. The summed E-state index contributed by atoms with van der Waals surface area (Å²) in [5.41, 5.74) is 0.168. The maximum atomic E-state index is 11.8. The summed E-state index contributed by atoms with van der Waals surface area (Å²) >= 11 is 1.28. The highest BCUT2D eigenvalue weighted by atomic mass is 32.2. The molecule has 0 bridgehead atoms. The van der Waals surface area contributed by atoms with Crippen molar-refractivity contribution in [1.29, 1.82) is 0 Å². The molecule has 3 aromatic rings. The van der Waals surface area contributed by atoms with Gasteiger partial charge in [-0.05, 0) is 12.1 Å². The second kappa shape index (κ2) is 5.44. The van der Waals surface area contributed by atoms with Crippen LogP contribution in [0, 0.1) is 0 Å². The zero-order chi connectivity index (χ0) is 14.8. The summed E-state index contributed by atoms with van der Waals surface area (Å²) in [6, 6.07) is 3.21. The van der Waals surface area contributed by atoms with E-state index < -0.39 is 5.97 Å². The standard InChI is InChI=1S/C12H10N4O4S/c1-19-11(18)8-3-2-6(20-8)5-21-12-14-9-7(4-13-16-9)10(17)15-12/h2-4H,5H2,1H3,(H2,13,14,15,16,17). The third-order valence-electron chi connectivity index (χ3n) is 2.70. The Balaban J connectivity index is 1.75.